The number of allylic oxidation sites excluding steroid dienone is 2. The minimum atomic E-state index is -1.22. The van der Waals surface area contributed by atoms with Gasteiger partial charge < -0.3 is 19.5 Å². The smallest absolute Gasteiger partial charge is 0.487 e. The van der Waals surface area contributed by atoms with Gasteiger partial charge in [-0.25, -0.2) is 4.79 Å². The fourth-order valence-corrected chi connectivity index (χ4v) is 4.96. The molecule has 8 nitrogen and oxygen atoms in total. The van der Waals surface area contributed by atoms with Gasteiger partial charge >= 0.3 is 13.2 Å². The molecule has 0 spiro atoms. The molecule has 4 rings (SSSR count). The molecule has 9 heteroatoms. The Bertz CT molecular complexity index is 914. The molecule has 0 radical (unpaired) electrons. The van der Waals surface area contributed by atoms with E-state index < -0.39 is 48.9 Å². The van der Waals surface area contributed by atoms with Crippen molar-refractivity contribution in [3.8, 4) is 5.75 Å². The fraction of sp³-hybridized carbons (Fsp3) is 0.450. The molecular formula is C20H22BNO7. The predicted octanol–water partition coefficient (Wildman–Crippen LogP) is 1.97. The summed E-state index contributed by atoms with van der Waals surface area (Å²) in [6, 6.07) is 6.54. The number of phenolic OH excluding ortho intramolecular Hbond substituents is 1. The topological polar surface area (TPSA) is 113 Å². The highest BCUT2D eigenvalue weighted by Crippen LogP contribution is 2.52. The Hall–Kier alpha value is -2.65. The van der Waals surface area contributed by atoms with Gasteiger partial charge in [0.05, 0.1) is 25.0 Å². The third-order valence-electron chi connectivity index (χ3n) is 6.24. The lowest BCUT2D eigenvalue weighted by Gasteiger charge is -2.42. The van der Waals surface area contributed by atoms with Crippen molar-refractivity contribution >= 4 is 25.0 Å². The molecule has 4 atom stereocenters. The van der Waals surface area contributed by atoms with E-state index in [2.05, 4.69) is 4.74 Å². The van der Waals surface area contributed by atoms with Gasteiger partial charge in [0.25, 0.3) is 0 Å². The highest BCUT2D eigenvalue weighted by atomic mass is 16.5. The number of likely N-dealkylation sites (tertiary alicyclic amines) is 1. The average Bonchev–Trinajstić information content (AvgIpc) is 2.96. The molecule has 2 fully saturated rings. The number of hydrogen-bond donors (Lipinski definition) is 2. The van der Waals surface area contributed by atoms with Crippen molar-refractivity contribution in [3.63, 3.8) is 0 Å². The number of phenols is 1. The monoisotopic (exact) mass is 399 g/mol. The summed E-state index contributed by atoms with van der Waals surface area (Å²) in [6.07, 6.45) is -0.271. The van der Waals surface area contributed by atoms with Gasteiger partial charge in [-0.1, -0.05) is 24.6 Å². The zero-order valence-electron chi connectivity index (χ0n) is 16.2. The van der Waals surface area contributed by atoms with Crippen LogP contribution in [0.2, 0.25) is 0 Å². The molecule has 3 aliphatic rings. The van der Waals surface area contributed by atoms with Crippen LogP contribution in [0.1, 0.15) is 37.9 Å². The van der Waals surface area contributed by atoms with E-state index in [0.29, 0.717) is 35.2 Å². The fourth-order valence-electron chi connectivity index (χ4n) is 4.96. The molecule has 0 aromatic heterocycles. The van der Waals surface area contributed by atoms with E-state index in [-0.39, 0.29) is 5.75 Å². The van der Waals surface area contributed by atoms with E-state index in [0.717, 1.165) is 12.7 Å². The largest absolute Gasteiger partial charge is 0.508 e. The quantitative estimate of drug-likeness (QED) is 0.577. The van der Waals surface area contributed by atoms with Crippen molar-refractivity contribution in [1.29, 1.82) is 0 Å². The Balaban J connectivity index is 1.74. The summed E-state index contributed by atoms with van der Waals surface area (Å²) in [5, 5.41) is 20.5. The molecule has 2 saturated heterocycles. The van der Waals surface area contributed by atoms with E-state index in [1.165, 1.54) is 6.07 Å². The van der Waals surface area contributed by atoms with Crippen LogP contribution in [-0.2, 0) is 19.0 Å². The molecule has 1 aromatic rings. The molecule has 1 aromatic carbocycles. The van der Waals surface area contributed by atoms with Gasteiger partial charge in [-0.3, -0.25) is 9.59 Å². The van der Waals surface area contributed by atoms with Gasteiger partial charge in [-0.2, -0.15) is 4.90 Å². The van der Waals surface area contributed by atoms with Gasteiger partial charge in [0.1, 0.15) is 5.75 Å². The van der Waals surface area contributed by atoms with Crippen molar-refractivity contribution in [3.05, 3.63) is 40.9 Å². The Kier molecular flexibility index (Phi) is 4.96. The number of fused-ring (bicyclic) bond motifs is 3. The number of amides is 3. The van der Waals surface area contributed by atoms with Gasteiger partial charge in [-0.05, 0) is 48.3 Å². The van der Waals surface area contributed by atoms with E-state index in [1.807, 2.05) is 6.92 Å². The minimum Gasteiger partial charge on any atom is -0.508 e. The zero-order chi connectivity index (χ0) is 20.9. The number of imide groups is 3. The normalized spacial score (nSPS) is 29.1. The molecule has 2 heterocycles. The van der Waals surface area contributed by atoms with E-state index in [4.69, 9.17) is 4.65 Å². The van der Waals surface area contributed by atoms with Crippen LogP contribution in [0, 0.1) is 17.8 Å². The summed E-state index contributed by atoms with van der Waals surface area (Å²) in [5.74, 6) is -2.90. The summed E-state index contributed by atoms with van der Waals surface area (Å²) in [7, 11) is -0.0886. The molecule has 29 heavy (non-hydrogen) atoms. The van der Waals surface area contributed by atoms with Crippen molar-refractivity contribution in [1.82, 2.24) is 4.90 Å². The Labute approximate surface area is 168 Å². The van der Waals surface area contributed by atoms with Gasteiger partial charge in [-0.15, -0.1) is 0 Å². The lowest BCUT2D eigenvalue weighted by Crippen LogP contribution is -2.45. The maximum Gasteiger partial charge on any atom is 0.487 e. The molecule has 0 unspecified atom stereocenters. The van der Waals surface area contributed by atoms with Crippen LogP contribution in [0.25, 0.3) is 0 Å². The molecular weight excluding hydrogens is 377 g/mol. The number of hydrogen-bond acceptors (Lipinski definition) is 7. The highest BCUT2D eigenvalue weighted by Gasteiger charge is 2.59. The van der Waals surface area contributed by atoms with Crippen LogP contribution in [0.5, 0.6) is 5.75 Å². The molecule has 3 amide bonds. The second kappa shape index (κ2) is 7.31. The van der Waals surface area contributed by atoms with Crippen LogP contribution in [0.15, 0.2) is 35.3 Å². The zero-order valence-corrected chi connectivity index (χ0v) is 16.2. The Morgan fingerprint density at radius 2 is 2.07 bits per heavy atom. The minimum absolute atomic E-state index is 0.0710. The standard InChI is InChI=1S/C20H22BNO7/c1-3-10-8-14-16(19(25)22(18(14)24)20(26)28-2)13-9-15(29-21(27)17(10)13)11-5-4-6-12(23)7-11/h4-7,13-16,23,27H,3,8-9H2,1-2H3/t13-,14-,15-,16+/m0/s1. The summed E-state index contributed by atoms with van der Waals surface area (Å²) < 4.78 is 10.4. The first-order chi connectivity index (χ1) is 13.9. The van der Waals surface area contributed by atoms with Gasteiger partial charge in [0.15, 0.2) is 0 Å². The maximum absolute atomic E-state index is 13.0. The van der Waals surface area contributed by atoms with Crippen molar-refractivity contribution in [2.45, 2.75) is 32.3 Å². The van der Waals surface area contributed by atoms with Crippen LogP contribution in [0.4, 0.5) is 4.79 Å². The van der Waals surface area contributed by atoms with Crippen molar-refractivity contribution in [2.75, 3.05) is 7.11 Å². The average molecular weight is 399 g/mol. The Morgan fingerprint density at radius 3 is 2.72 bits per heavy atom. The second-order valence-corrected chi connectivity index (χ2v) is 7.65. The number of aromatic hydroxyl groups is 1. The highest BCUT2D eigenvalue weighted by molar-refractivity contribution is 6.53. The molecule has 2 N–H and O–H groups in total. The lowest BCUT2D eigenvalue weighted by molar-refractivity contribution is -0.137. The van der Waals surface area contributed by atoms with Crippen molar-refractivity contribution < 1.29 is 33.9 Å². The Morgan fingerprint density at radius 1 is 1.31 bits per heavy atom. The first kappa shape index (κ1) is 19.7. The number of nitrogens with zero attached hydrogens (tertiary/aromatic N) is 1. The number of benzene rings is 1. The second-order valence-electron chi connectivity index (χ2n) is 7.65. The lowest BCUT2D eigenvalue weighted by atomic mass is 9.55. The van der Waals surface area contributed by atoms with Crippen LogP contribution < -0.4 is 0 Å². The first-order valence-corrected chi connectivity index (χ1v) is 9.67. The molecule has 1 aliphatic carbocycles. The van der Waals surface area contributed by atoms with Crippen LogP contribution in [0.3, 0.4) is 0 Å². The summed E-state index contributed by atoms with van der Waals surface area (Å²) in [4.78, 5) is 38.5. The summed E-state index contributed by atoms with van der Waals surface area (Å²) >= 11 is 0. The van der Waals surface area contributed by atoms with E-state index in [9.17, 15) is 24.5 Å². The van der Waals surface area contributed by atoms with Gasteiger partial charge in [0.2, 0.25) is 11.8 Å². The number of methoxy groups -OCH3 is 1. The van der Waals surface area contributed by atoms with Crippen LogP contribution in [-0.4, -0.2) is 47.2 Å². The first-order valence-electron chi connectivity index (χ1n) is 9.67. The summed E-state index contributed by atoms with van der Waals surface area (Å²) in [6.45, 7) is 1.92. The molecule has 2 aliphatic heterocycles. The molecule has 0 saturated carbocycles. The SMILES string of the molecule is CCC1=C2B(O)O[C@H](c3cccc(O)c3)C[C@H]2[C@H]2C(=O)N(C(=O)OC)C(=O)[C@H]2C1. The maximum atomic E-state index is 13.0. The van der Waals surface area contributed by atoms with Crippen molar-refractivity contribution in [2.24, 2.45) is 17.8 Å². The summed E-state index contributed by atoms with van der Waals surface area (Å²) in [5.41, 5.74) is 2.19. The number of carbonyl (C=O) groups excluding carboxylic acids is 3. The number of carbonyl (C=O) groups is 3. The molecule has 152 valence electrons. The van der Waals surface area contributed by atoms with E-state index >= 15 is 0 Å². The number of rotatable bonds is 2. The van der Waals surface area contributed by atoms with Gasteiger partial charge in [0, 0.05) is 0 Å². The third-order valence-corrected chi connectivity index (χ3v) is 6.24. The third kappa shape index (κ3) is 3.05. The number of ether oxygens (including phenoxy) is 1. The predicted molar refractivity (Wildman–Crippen MR) is 101 cm³/mol. The van der Waals surface area contributed by atoms with E-state index in [1.54, 1.807) is 18.2 Å². The molecule has 0 bridgehead atoms. The van der Waals surface area contributed by atoms with Crippen LogP contribution >= 0.6 is 0 Å².